The Kier molecular flexibility index (Phi) is 4.79. The fourth-order valence-corrected chi connectivity index (χ4v) is 2.76. The molecule has 0 fully saturated rings. The second-order valence-electron chi connectivity index (χ2n) is 5.80. The number of hydrogen-bond donors (Lipinski definition) is 1. The fraction of sp³-hybridized carbons (Fsp3) is 0.211. The summed E-state index contributed by atoms with van der Waals surface area (Å²) in [6, 6.07) is 15.2. The quantitative estimate of drug-likeness (QED) is 0.933. The summed E-state index contributed by atoms with van der Waals surface area (Å²) >= 11 is 0. The highest BCUT2D eigenvalue weighted by Crippen LogP contribution is 2.25. The SMILES string of the molecule is CN1C(=O)C(NC(=O)OCc2ccccc2)CC(=O)c2ccccc21. The zero-order valence-electron chi connectivity index (χ0n) is 13.8. The van der Waals surface area contributed by atoms with Crippen LogP contribution in [0.4, 0.5) is 10.5 Å². The number of likely N-dealkylation sites (N-methyl/N-ethyl adjacent to an activating group) is 1. The van der Waals surface area contributed by atoms with Crippen molar-refractivity contribution in [3.05, 3.63) is 65.7 Å². The van der Waals surface area contributed by atoms with Crippen LogP contribution in [0.5, 0.6) is 0 Å². The molecule has 0 saturated carbocycles. The number of anilines is 1. The summed E-state index contributed by atoms with van der Waals surface area (Å²) in [5, 5.41) is 2.50. The summed E-state index contributed by atoms with van der Waals surface area (Å²) in [4.78, 5) is 38.4. The number of carbonyl (C=O) groups is 3. The Hall–Kier alpha value is -3.15. The van der Waals surface area contributed by atoms with E-state index in [1.807, 2.05) is 30.3 Å². The van der Waals surface area contributed by atoms with Gasteiger partial charge in [0.15, 0.2) is 5.78 Å². The van der Waals surface area contributed by atoms with E-state index in [1.54, 1.807) is 31.3 Å². The smallest absolute Gasteiger partial charge is 0.408 e. The van der Waals surface area contributed by atoms with Crippen LogP contribution in [0.1, 0.15) is 22.3 Å². The molecular formula is C19H18N2O4. The Balaban J connectivity index is 1.68. The Bertz CT molecular complexity index is 804. The van der Waals surface area contributed by atoms with E-state index in [2.05, 4.69) is 5.32 Å². The lowest BCUT2D eigenvalue weighted by molar-refractivity contribution is -0.120. The van der Waals surface area contributed by atoms with Crippen LogP contribution >= 0.6 is 0 Å². The summed E-state index contributed by atoms with van der Waals surface area (Å²) < 4.78 is 5.14. The molecule has 1 atom stereocenters. The maximum atomic E-state index is 12.6. The molecule has 2 aromatic rings. The average Bonchev–Trinajstić information content (AvgIpc) is 2.73. The van der Waals surface area contributed by atoms with Gasteiger partial charge in [-0.3, -0.25) is 9.59 Å². The molecule has 2 aromatic carbocycles. The molecule has 1 aliphatic rings. The van der Waals surface area contributed by atoms with Gasteiger partial charge in [0.25, 0.3) is 0 Å². The third-order valence-electron chi connectivity index (χ3n) is 4.09. The van der Waals surface area contributed by atoms with Gasteiger partial charge in [0.1, 0.15) is 12.6 Å². The Morgan fingerprint density at radius 2 is 1.80 bits per heavy atom. The number of benzene rings is 2. The Morgan fingerprint density at radius 1 is 1.12 bits per heavy atom. The van der Waals surface area contributed by atoms with Crippen LogP contribution in [0, 0.1) is 0 Å². The van der Waals surface area contributed by atoms with E-state index in [4.69, 9.17) is 4.74 Å². The molecule has 0 aromatic heterocycles. The molecule has 128 valence electrons. The molecule has 0 aliphatic carbocycles. The number of amides is 2. The van der Waals surface area contributed by atoms with Crippen molar-refractivity contribution in [3.63, 3.8) is 0 Å². The number of nitrogens with one attached hydrogen (secondary N) is 1. The number of para-hydroxylation sites is 1. The molecule has 2 amide bonds. The third-order valence-corrected chi connectivity index (χ3v) is 4.09. The summed E-state index contributed by atoms with van der Waals surface area (Å²) in [7, 11) is 1.59. The van der Waals surface area contributed by atoms with Crippen molar-refractivity contribution in [3.8, 4) is 0 Å². The number of hydrogen-bond acceptors (Lipinski definition) is 4. The van der Waals surface area contributed by atoms with E-state index in [0.717, 1.165) is 5.56 Å². The lowest BCUT2D eigenvalue weighted by Gasteiger charge is -2.21. The molecule has 25 heavy (non-hydrogen) atoms. The second kappa shape index (κ2) is 7.17. The minimum Gasteiger partial charge on any atom is -0.445 e. The van der Waals surface area contributed by atoms with Gasteiger partial charge in [-0.15, -0.1) is 0 Å². The van der Waals surface area contributed by atoms with Crippen molar-refractivity contribution < 1.29 is 19.1 Å². The Labute approximate surface area is 145 Å². The lowest BCUT2D eigenvalue weighted by Crippen LogP contribution is -2.47. The number of Topliss-reactive ketones (excluding diaryl/α,β-unsaturated/α-hetero) is 1. The predicted octanol–water partition coefficient (Wildman–Crippen LogP) is 2.53. The second-order valence-corrected chi connectivity index (χ2v) is 5.80. The highest BCUT2D eigenvalue weighted by molar-refractivity contribution is 6.12. The minimum absolute atomic E-state index is 0.0948. The van der Waals surface area contributed by atoms with E-state index in [1.165, 1.54) is 4.90 Å². The number of alkyl carbamates (subject to hydrolysis) is 1. The highest BCUT2D eigenvalue weighted by atomic mass is 16.5. The number of nitrogens with zero attached hydrogens (tertiary/aromatic N) is 1. The summed E-state index contributed by atoms with van der Waals surface area (Å²) in [6.45, 7) is 0.0948. The summed E-state index contributed by atoms with van der Waals surface area (Å²) in [5.41, 5.74) is 1.85. The van der Waals surface area contributed by atoms with Crippen LogP contribution in [0.15, 0.2) is 54.6 Å². The number of fused-ring (bicyclic) bond motifs is 1. The third kappa shape index (κ3) is 3.68. The van der Waals surface area contributed by atoms with Gasteiger partial charge in [-0.2, -0.15) is 0 Å². The van der Waals surface area contributed by atoms with Crippen molar-refractivity contribution in [2.24, 2.45) is 0 Å². The van der Waals surface area contributed by atoms with Crippen LogP contribution < -0.4 is 10.2 Å². The van der Waals surface area contributed by atoms with Crippen LogP contribution in [-0.4, -0.2) is 30.9 Å². The molecular weight excluding hydrogens is 320 g/mol. The van der Waals surface area contributed by atoms with E-state index in [0.29, 0.717) is 11.3 Å². The molecule has 0 spiro atoms. The monoisotopic (exact) mass is 338 g/mol. The molecule has 6 nitrogen and oxygen atoms in total. The number of ketones is 1. The highest BCUT2D eigenvalue weighted by Gasteiger charge is 2.33. The lowest BCUT2D eigenvalue weighted by atomic mass is 10.0. The first-order valence-corrected chi connectivity index (χ1v) is 7.93. The first kappa shape index (κ1) is 16.7. The zero-order chi connectivity index (χ0) is 17.8. The number of ether oxygens (including phenoxy) is 1. The maximum Gasteiger partial charge on any atom is 0.408 e. The molecule has 6 heteroatoms. The first-order chi connectivity index (χ1) is 12.1. The molecule has 0 radical (unpaired) electrons. The van der Waals surface area contributed by atoms with Crippen molar-refractivity contribution in [1.82, 2.24) is 5.32 Å². The standard InChI is InChI=1S/C19H18N2O4/c1-21-16-10-6-5-9-14(16)17(22)11-15(18(21)23)20-19(24)25-12-13-7-3-2-4-8-13/h2-10,15H,11-12H2,1H3,(H,20,24). The topological polar surface area (TPSA) is 75.7 Å². The van der Waals surface area contributed by atoms with Gasteiger partial charge in [-0.05, 0) is 17.7 Å². The van der Waals surface area contributed by atoms with Gasteiger partial charge in [0, 0.05) is 19.0 Å². The molecule has 3 rings (SSSR count). The van der Waals surface area contributed by atoms with Crippen LogP contribution in [0.25, 0.3) is 0 Å². The van der Waals surface area contributed by atoms with Crippen LogP contribution in [0.3, 0.4) is 0 Å². The van der Waals surface area contributed by atoms with Gasteiger partial charge in [0.2, 0.25) is 5.91 Å². The molecule has 1 heterocycles. The number of carbonyl (C=O) groups excluding carboxylic acids is 3. The normalized spacial score (nSPS) is 16.8. The van der Waals surface area contributed by atoms with E-state index in [-0.39, 0.29) is 24.7 Å². The average molecular weight is 338 g/mol. The minimum atomic E-state index is -0.951. The summed E-state index contributed by atoms with van der Waals surface area (Å²) in [6.07, 6.45) is -0.824. The Morgan fingerprint density at radius 3 is 2.56 bits per heavy atom. The van der Waals surface area contributed by atoms with Gasteiger partial charge in [-0.1, -0.05) is 42.5 Å². The van der Waals surface area contributed by atoms with Crippen LogP contribution in [-0.2, 0) is 16.1 Å². The molecule has 0 saturated heterocycles. The molecule has 1 unspecified atom stereocenters. The molecule has 0 bridgehead atoms. The van der Waals surface area contributed by atoms with Crippen molar-refractivity contribution in [2.45, 2.75) is 19.1 Å². The zero-order valence-corrected chi connectivity index (χ0v) is 13.8. The van der Waals surface area contributed by atoms with Crippen molar-refractivity contribution in [2.75, 3.05) is 11.9 Å². The molecule has 1 aliphatic heterocycles. The number of rotatable bonds is 3. The van der Waals surface area contributed by atoms with Gasteiger partial charge >= 0.3 is 6.09 Å². The van der Waals surface area contributed by atoms with E-state index < -0.39 is 12.1 Å². The molecule has 1 N–H and O–H groups in total. The predicted molar refractivity (Wildman–Crippen MR) is 92.4 cm³/mol. The van der Waals surface area contributed by atoms with Gasteiger partial charge in [0.05, 0.1) is 5.69 Å². The maximum absolute atomic E-state index is 12.6. The van der Waals surface area contributed by atoms with Gasteiger partial charge < -0.3 is 15.0 Å². The first-order valence-electron chi connectivity index (χ1n) is 7.93. The van der Waals surface area contributed by atoms with Gasteiger partial charge in [-0.25, -0.2) is 4.79 Å². The largest absolute Gasteiger partial charge is 0.445 e. The van der Waals surface area contributed by atoms with Crippen LogP contribution in [0.2, 0.25) is 0 Å². The fourth-order valence-electron chi connectivity index (χ4n) is 2.76. The summed E-state index contributed by atoms with van der Waals surface area (Å²) in [5.74, 6) is -0.545. The van der Waals surface area contributed by atoms with Crippen molar-refractivity contribution >= 4 is 23.5 Å². The van der Waals surface area contributed by atoms with E-state index >= 15 is 0 Å². The van der Waals surface area contributed by atoms with E-state index in [9.17, 15) is 14.4 Å². The van der Waals surface area contributed by atoms with Crippen molar-refractivity contribution in [1.29, 1.82) is 0 Å².